The first-order chi connectivity index (χ1) is 5.86. The van der Waals surface area contributed by atoms with E-state index in [0.717, 1.165) is 11.3 Å². The lowest BCUT2D eigenvalue weighted by atomic mass is 10.3. The van der Waals surface area contributed by atoms with Gasteiger partial charge in [-0.15, -0.1) is 10.2 Å². The molecule has 2 aromatic rings. The van der Waals surface area contributed by atoms with Gasteiger partial charge in [0.15, 0.2) is 0 Å². The topological polar surface area (TPSA) is 43.6 Å². The molecule has 0 saturated carbocycles. The van der Waals surface area contributed by atoms with Crippen molar-refractivity contribution in [1.82, 2.24) is 19.7 Å². The van der Waals surface area contributed by atoms with Gasteiger partial charge >= 0.3 is 0 Å². The minimum absolute atomic E-state index is 0.986. The molecule has 2 aromatic heterocycles. The Bertz CT molecular complexity index is 366. The summed E-state index contributed by atoms with van der Waals surface area (Å²) in [5.41, 5.74) is 2.11. The van der Waals surface area contributed by atoms with E-state index in [1.165, 1.54) is 0 Å². The molecule has 0 atom stereocenters. The first-order valence-corrected chi connectivity index (χ1v) is 3.63. The summed E-state index contributed by atoms with van der Waals surface area (Å²) in [5.74, 6) is 0. The van der Waals surface area contributed by atoms with Crippen LogP contribution < -0.4 is 0 Å². The normalized spacial score (nSPS) is 10.1. The summed E-state index contributed by atoms with van der Waals surface area (Å²) in [5, 5.41) is 7.43. The standard InChI is InChI=1S/C8H8N4/c1-7-2-8(4-9-3-7)12-5-10-11-6-12/h2-6H,1H3. The van der Waals surface area contributed by atoms with Gasteiger partial charge in [0.05, 0.1) is 11.9 Å². The Kier molecular flexibility index (Phi) is 1.59. The lowest BCUT2D eigenvalue weighted by molar-refractivity contribution is 1.03. The van der Waals surface area contributed by atoms with Gasteiger partial charge < -0.3 is 0 Å². The predicted octanol–water partition coefficient (Wildman–Crippen LogP) is 0.971. The molecule has 0 aliphatic rings. The second kappa shape index (κ2) is 2.73. The third-order valence-corrected chi connectivity index (χ3v) is 1.58. The Morgan fingerprint density at radius 2 is 1.92 bits per heavy atom. The van der Waals surface area contributed by atoms with Crippen LogP contribution in [0.25, 0.3) is 5.69 Å². The fourth-order valence-corrected chi connectivity index (χ4v) is 1.01. The summed E-state index contributed by atoms with van der Waals surface area (Å²) >= 11 is 0. The highest BCUT2D eigenvalue weighted by atomic mass is 15.2. The van der Waals surface area contributed by atoms with Crippen LogP contribution in [-0.4, -0.2) is 19.7 Å². The van der Waals surface area contributed by atoms with Gasteiger partial charge in [-0.25, -0.2) is 0 Å². The van der Waals surface area contributed by atoms with Gasteiger partial charge in [-0.2, -0.15) is 0 Å². The molecule has 0 saturated heterocycles. The van der Waals surface area contributed by atoms with E-state index in [0.29, 0.717) is 0 Å². The molecule has 60 valence electrons. The van der Waals surface area contributed by atoms with E-state index in [9.17, 15) is 0 Å². The molecular formula is C8H8N4. The van der Waals surface area contributed by atoms with Crippen molar-refractivity contribution in [3.8, 4) is 5.69 Å². The number of hydrogen-bond acceptors (Lipinski definition) is 3. The summed E-state index contributed by atoms with van der Waals surface area (Å²) in [4.78, 5) is 4.06. The van der Waals surface area contributed by atoms with E-state index in [1.54, 1.807) is 18.9 Å². The van der Waals surface area contributed by atoms with E-state index >= 15 is 0 Å². The van der Waals surface area contributed by atoms with Crippen molar-refractivity contribution in [2.24, 2.45) is 0 Å². The molecule has 0 spiro atoms. The van der Waals surface area contributed by atoms with Crippen LogP contribution in [0.5, 0.6) is 0 Å². The van der Waals surface area contributed by atoms with Crippen LogP contribution in [0.2, 0.25) is 0 Å². The van der Waals surface area contributed by atoms with Gasteiger partial charge in [-0.1, -0.05) is 0 Å². The van der Waals surface area contributed by atoms with Crippen LogP contribution >= 0.6 is 0 Å². The van der Waals surface area contributed by atoms with E-state index < -0.39 is 0 Å². The molecule has 0 unspecified atom stereocenters. The highest BCUT2D eigenvalue weighted by Gasteiger charge is 1.95. The SMILES string of the molecule is Cc1cncc(-n2cnnc2)c1. The summed E-state index contributed by atoms with van der Waals surface area (Å²) in [7, 11) is 0. The molecule has 2 heterocycles. The highest BCUT2D eigenvalue weighted by molar-refractivity contribution is 5.30. The first-order valence-electron chi connectivity index (χ1n) is 3.63. The molecular weight excluding hydrogens is 152 g/mol. The molecule has 4 heteroatoms. The van der Waals surface area contributed by atoms with Gasteiger partial charge in [0.2, 0.25) is 0 Å². The predicted molar refractivity (Wildman–Crippen MR) is 43.9 cm³/mol. The Balaban J connectivity index is 2.48. The summed E-state index contributed by atoms with van der Waals surface area (Å²) in [6.07, 6.45) is 6.89. The van der Waals surface area contributed by atoms with Crippen LogP contribution in [0, 0.1) is 6.92 Å². The zero-order valence-electron chi connectivity index (χ0n) is 6.68. The molecule has 0 N–H and O–H groups in total. The van der Waals surface area contributed by atoms with E-state index in [4.69, 9.17) is 0 Å². The number of rotatable bonds is 1. The molecule has 0 amide bonds. The Morgan fingerprint density at radius 1 is 1.17 bits per heavy atom. The smallest absolute Gasteiger partial charge is 0.123 e. The molecule has 0 aliphatic heterocycles. The maximum Gasteiger partial charge on any atom is 0.123 e. The zero-order chi connectivity index (χ0) is 8.39. The van der Waals surface area contributed by atoms with Gasteiger partial charge in [0, 0.05) is 6.20 Å². The lowest BCUT2D eigenvalue weighted by Crippen LogP contribution is -1.91. The average Bonchev–Trinajstić information content (AvgIpc) is 2.56. The third kappa shape index (κ3) is 1.18. The van der Waals surface area contributed by atoms with Crippen molar-refractivity contribution >= 4 is 0 Å². The minimum Gasteiger partial charge on any atom is -0.287 e. The Labute approximate surface area is 69.9 Å². The van der Waals surface area contributed by atoms with E-state index in [2.05, 4.69) is 15.2 Å². The second-order valence-corrected chi connectivity index (χ2v) is 2.59. The van der Waals surface area contributed by atoms with Crippen LogP contribution in [0.1, 0.15) is 5.56 Å². The molecule has 12 heavy (non-hydrogen) atoms. The minimum atomic E-state index is 0.986. The molecule has 0 bridgehead atoms. The van der Waals surface area contributed by atoms with Crippen molar-refractivity contribution in [1.29, 1.82) is 0 Å². The number of hydrogen-bond donors (Lipinski definition) is 0. The Morgan fingerprint density at radius 3 is 2.58 bits per heavy atom. The molecule has 0 fully saturated rings. The van der Waals surface area contributed by atoms with Crippen molar-refractivity contribution in [2.45, 2.75) is 6.92 Å². The number of aromatic nitrogens is 4. The molecule has 0 aliphatic carbocycles. The van der Waals surface area contributed by atoms with Gasteiger partial charge in [0.1, 0.15) is 12.7 Å². The van der Waals surface area contributed by atoms with Gasteiger partial charge in [-0.05, 0) is 18.6 Å². The second-order valence-electron chi connectivity index (χ2n) is 2.59. The molecule has 0 radical (unpaired) electrons. The van der Waals surface area contributed by atoms with E-state index in [-0.39, 0.29) is 0 Å². The van der Waals surface area contributed by atoms with Crippen molar-refractivity contribution < 1.29 is 0 Å². The number of aryl methyl sites for hydroxylation is 1. The van der Waals surface area contributed by atoms with Crippen LogP contribution in [0.4, 0.5) is 0 Å². The maximum absolute atomic E-state index is 4.06. The largest absolute Gasteiger partial charge is 0.287 e. The number of pyridine rings is 1. The molecule has 0 aromatic carbocycles. The van der Waals surface area contributed by atoms with Crippen molar-refractivity contribution in [3.05, 3.63) is 36.7 Å². The molecule has 4 nitrogen and oxygen atoms in total. The summed E-state index contributed by atoms with van der Waals surface area (Å²) < 4.78 is 1.82. The fourth-order valence-electron chi connectivity index (χ4n) is 1.01. The van der Waals surface area contributed by atoms with Crippen LogP contribution in [-0.2, 0) is 0 Å². The third-order valence-electron chi connectivity index (χ3n) is 1.58. The van der Waals surface area contributed by atoms with Crippen molar-refractivity contribution in [2.75, 3.05) is 0 Å². The van der Waals surface area contributed by atoms with Gasteiger partial charge in [-0.3, -0.25) is 9.55 Å². The van der Waals surface area contributed by atoms with Crippen LogP contribution in [0.15, 0.2) is 31.1 Å². The summed E-state index contributed by atoms with van der Waals surface area (Å²) in [6, 6.07) is 2.02. The quantitative estimate of drug-likeness (QED) is 0.624. The number of nitrogens with zero attached hydrogens (tertiary/aromatic N) is 4. The summed E-state index contributed by atoms with van der Waals surface area (Å²) in [6.45, 7) is 2.00. The highest BCUT2D eigenvalue weighted by Crippen LogP contribution is 2.05. The lowest BCUT2D eigenvalue weighted by Gasteiger charge is -1.99. The average molecular weight is 160 g/mol. The maximum atomic E-state index is 4.06. The van der Waals surface area contributed by atoms with Gasteiger partial charge in [0.25, 0.3) is 0 Å². The fraction of sp³-hybridized carbons (Fsp3) is 0.125. The molecule has 2 rings (SSSR count). The monoisotopic (exact) mass is 160 g/mol. The zero-order valence-corrected chi connectivity index (χ0v) is 6.68. The van der Waals surface area contributed by atoms with Crippen LogP contribution in [0.3, 0.4) is 0 Å². The first kappa shape index (κ1) is 6.97. The Hall–Kier alpha value is -1.71. The van der Waals surface area contributed by atoms with E-state index in [1.807, 2.05) is 23.8 Å². The van der Waals surface area contributed by atoms with Crippen molar-refractivity contribution in [3.63, 3.8) is 0 Å².